The molecule has 0 amide bonds. The van der Waals surface area contributed by atoms with Crippen molar-refractivity contribution in [3.63, 3.8) is 0 Å². The van der Waals surface area contributed by atoms with Gasteiger partial charge in [-0.1, -0.05) is 18.2 Å². The summed E-state index contributed by atoms with van der Waals surface area (Å²) in [7, 11) is 0. The normalized spacial score (nSPS) is 16.1. The molecule has 0 saturated heterocycles. The maximum atomic E-state index is 3.48. The van der Waals surface area contributed by atoms with Gasteiger partial charge in [0.05, 0.1) is 0 Å². The first-order valence-electron chi connectivity index (χ1n) is 6.21. The van der Waals surface area contributed by atoms with E-state index in [0.29, 0.717) is 0 Å². The molecule has 2 nitrogen and oxygen atoms in total. The van der Waals surface area contributed by atoms with Gasteiger partial charge in [0.2, 0.25) is 0 Å². The van der Waals surface area contributed by atoms with Crippen LogP contribution >= 0.6 is 0 Å². The van der Waals surface area contributed by atoms with Gasteiger partial charge >= 0.3 is 0 Å². The van der Waals surface area contributed by atoms with Crippen LogP contribution < -0.4 is 5.32 Å². The van der Waals surface area contributed by atoms with Gasteiger partial charge in [0, 0.05) is 36.1 Å². The highest BCUT2D eigenvalue weighted by Gasteiger charge is 2.16. The van der Waals surface area contributed by atoms with Gasteiger partial charge in [-0.25, -0.2) is 0 Å². The number of aromatic nitrogens is 1. The molecule has 0 bridgehead atoms. The molecule has 2 heterocycles. The van der Waals surface area contributed by atoms with Gasteiger partial charge in [-0.05, 0) is 31.5 Å². The van der Waals surface area contributed by atoms with E-state index < -0.39 is 0 Å². The fraction of sp³-hybridized carbons (Fsp3) is 0.429. The summed E-state index contributed by atoms with van der Waals surface area (Å²) in [4.78, 5) is 0. The molecule has 1 aliphatic rings. The molecule has 84 valence electrons. The Labute approximate surface area is 96.3 Å². The molecule has 1 aromatic heterocycles. The Morgan fingerprint density at radius 3 is 2.88 bits per heavy atom. The standard InChI is InChI=1S/C14H18N2/c1-2-16-13-6-4-3-5-11(13)12-7-9-15-10-8-14(12)16/h3-6,15H,2,7-10H2,1H3. The molecular weight excluding hydrogens is 196 g/mol. The minimum Gasteiger partial charge on any atom is -0.345 e. The molecule has 1 aliphatic heterocycles. The number of nitrogens with zero attached hydrogens (tertiary/aromatic N) is 1. The van der Waals surface area contributed by atoms with Crippen molar-refractivity contribution in [3.05, 3.63) is 35.5 Å². The van der Waals surface area contributed by atoms with E-state index in [2.05, 4.69) is 41.1 Å². The van der Waals surface area contributed by atoms with E-state index >= 15 is 0 Å². The monoisotopic (exact) mass is 214 g/mol. The second-order valence-electron chi connectivity index (χ2n) is 4.44. The predicted molar refractivity (Wildman–Crippen MR) is 67.9 cm³/mol. The Balaban J connectivity index is 2.31. The predicted octanol–water partition coefficient (Wildman–Crippen LogP) is 2.35. The average molecular weight is 214 g/mol. The van der Waals surface area contributed by atoms with E-state index in [4.69, 9.17) is 0 Å². The van der Waals surface area contributed by atoms with Crippen LogP contribution in [0.15, 0.2) is 24.3 Å². The molecule has 1 aromatic carbocycles. The summed E-state index contributed by atoms with van der Waals surface area (Å²) in [6.45, 7) is 5.55. The lowest BCUT2D eigenvalue weighted by Crippen LogP contribution is -2.17. The molecule has 0 unspecified atom stereocenters. The topological polar surface area (TPSA) is 17.0 Å². The van der Waals surface area contributed by atoms with Crippen LogP contribution in [0.4, 0.5) is 0 Å². The zero-order valence-corrected chi connectivity index (χ0v) is 9.79. The van der Waals surface area contributed by atoms with Crippen LogP contribution in [0.3, 0.4) is 0 Å². The van der Waals surface area contributed by atoms with Crippen LogP contribution in [0.25, 0.3) is 10.9 Å². The van der Waals surface area contributed by atoms with Crippen LogP contribution in [0.5, 0.6) is 0 Å². The number of fused-ring (bicyclic) bond motifs is 3. The first-order chi connectivity index (χ1) is 7.92. The Morgan fingerprint density at radius 1 is 1.19 bits per heavy atom. The highest BCUT2D eigenvalue weighted by Crippen LogP contribution is 2.27. The van der Waals surface area contributed by atoms with Crippen LogP contribution in [-0.4, -0.2) is 17.7 Å². The maximum Gasteiger partial charge on any atom is 0.0485 e. The van der Waals surface area contributed by atoms with Crippen LogP contribution in [-0.2, 0) is 19.4 Å². The second-order valence-corrected chi connectivity index (χ2v) is 4.44. The molecule has 2 heteroatoms. The lowest BCUT2D eigenvalue weighted by atomic mass is 10.1. The molecule has 0 fully saturated rings. The van der Waals surface area contributed by atoms with Crippen molar-refractivity contribution in [1.82, 2.24) is 9.88 Å². The first-order valence-corrected chi connectivity index (χ1v) is 6.21. The van der Waals surface area contributed by atoms with Crippen molar-refractivity contribution in [1.29, 1.82) is 0 Å². The van der Waals surface area contributed by atoms with Gasteiger partial charge in [0.25, 0.3) is 0 Å². The molecular formula is C14H18N2. The number of para-hydroxylation sites is 1. The molecule has 16 heavy (non-hydrogen) atoms. The molecule has 0 aliphatic carbocycles. The minimum atomic E-state index is 1.08. The first kappa shape index (κ1) is 9.91. The Bertz CT molecular complexity index is 511. The van der Waals surface area contributed by atoms with E-state index in [-0.39, 0.29) is 0 Å². The quantitative estimate of drug-likeness (QED) is 0.771. The number of hydrogen-bond acceptors (Lipinski definition) is 1. The van der Waals surface area contributed by atoms with Crippen molar-refractivity contribution in [2.45, 2.75) is 26.3 Å². The fourth-order valence-corrected chi connectivity index (χ4v) is 2.90. The van der Waals surface area contributed by atoms with Gasteiger partial charge in [-0.2, -0.15) is 0 Å². The third-order valence-corrected chi connectivity index (χ3v) is 3.60. The summed E-state index contributed by atoms with van der Waals surface area (Å²) in [5.74, 6) is 0. The van der Waals surface area contributed by atoms with Crippen molar-refractivity contribution in [2.24, 2.45) is 0 Å². The van der Waals surface area contributed by atoms with Crippen molar-refractivity contribution in [3.8, 4) is 0 Å². The number of aryl methyl sites for hydroxylation is 1. The molecule has 0 saturated carbocycles. The Hall–Kier alpha value is -1.28. The van der Waals surface area contributed by atoms with Gasteiger partial charge in [0.15, 0.2) is 0 Å². The van der Waals surface area contributed by atoms with Crippen molar-refractivity contribution < 1.29 is 0 Å². The summed E-state index contributed by atoms with van der Waals surface area (Å²) in [5, 5.41) is 4.94. The summed E-state index contributed by atoms with van der Waals surface area (Å²) in [6.07, 6.45) is 2.33. The van der Waals surface area contributed by atoms with Gasteiger partial charge < -0.3 is 9.88 Å². The maximum absolute atomic E-state index is 3.48. The number of benzene rings is 1. The second kappa shape index (κ2) is 3.95. The van der Waals surface area contributed by atoms with E-state index in [1.807, 2.05) is 0 Å². The summed E-state index contributed by atoms with van der Waals surface area (Å²) >= 11 is 0. The lowest BCUT2D eigenvalue weighted by Gasteiger charge is -2.07. The third-order valence-electron chi connectivity index (χ3n) is 3.60. The molecule has 2 aromatic rings. The van der Waals surface area contributed by atoms with E-state index in [1.165, 1.54) is 17.3 Å². The zero-order chi connectivity index (χ0) is 11.0. The summed E-state index contributed by atoms with van der Waals surface area (Å²) in [6, 6.07) is 8.82. The van der Waals surface area contributed by atoms with Crippen molar-refractivity contribution >= 4 is 10.9 Å². The molecule has 3 rings (SSSR count). The van der Waals surface area contributed by atoms with Gasteiger partial charge in [0.1, 0.15) is 0 Å². The molecule has 0 atom stereocenters. The molecule has 0 radical (unpaired) electrons. The average Bonchev–Trinajstić information content (AvgIpc) is 2.49. The Morgan fingerprint density at radius 2 is 2.00 bits per heavy atom. The lowest BCUT2D eigenvalue weighted by molar-refractivity contribution is 0.683. The van der Waals surface area contributed by atoms with Crippen LogP contribution in [0, 0.1) is 0 Å². The smallest absolute Gasteiger partial charge is 0.0485 e. The summed E-state index contributed by atoms with van der Waals surface area (Å²) < 4.78 is 2.48. The van der Waals surface area contributed by atoms with Gasteiger partial charge in [-0.3, -0.25) is 0 Å². The Kier molecular flexibility index (Phi) is 2.44. The number of rotatable bonds is 1. The van der Waals surface area contributed by atoms with Gasteiger partial charge in [-0.15, -0.1) is 0 Å². The minimum absolute atomic E-state index is 1.08. The van der Waals surface area contributed by atoms with E-state index in [9.17, 15) is 0 Å². The highest BCUT2D eigenvalue weighted by molar-refractivity contribution is 5.85. The van der Waals surface area contributed by atoms with Crippen LogP contribution in [0.1, 0.15) is 18.2 Å². The largest absolute Gasteiger partial charge is 0.345 e. The zero-order valence-electron chi connectivity index (χ0n) is 9.79. The number of nitrogens with one attached hydrogen (secondary N) is 1. The summed E-state index contributed by atoms with van der Waals surface area (Å²) in [5.41, 5.74) is 4.54. The van der Waals surface area contributed by atoms with Crippen LogP contribution in [0.2, 0.25) is 0 Å². The highest BCUT2D eigenvalue weighted by atomic mass is 15.0. The third kappa shape index (κ3) is 1.37. The SMILES string of the molecule is CCn1c2c(c3ccccc31)CCNCC2. The van der Waals surface area contributed by atoms with E-state index in [0.717, 1.165) is 26.1 Å². The van der Waals surface area contributed by atoms with Crippen molar-refractivity contribution in [2.75, 3.05) is 13.1 Å². The van der Waals surface area contributed by atoms with E-state index in [1.54, 1.807) is 11.3 Å². The molecule has 1 N–H and O–H groups in total. The fourth-order valence-electron chi connectivity index (χ4n) is 2.90. The molecule has 0 spiro atoms. The number of hydrogen-bond donors (Lipinski definition) is 1.